The van der Waals surface area contributed by atoms with Crippen LogP contribution in [0.3, 0.4) is 0 Å². The van der Waals surface area contributed by atoms with Crippen LogP contribution < -0.4 is 0 Å². The molecule has 2 heteroatoms. The number of nitrogens with zero attached hydrogens (tertiary/aromatic N) is 2. The zero-order valence-electron chi connectivity index (χ0n) is 6.91. The molecule has 0 fully saturated rings. The van der Waals surface area contributed by atoms with Crippen LogP contribution in [0.15, 0.2) is 12.4 Å². The van der Waals surface area contributed by atoms with Crippen LogP contribution >= 0.6 is 0 Å². The Kier molecular flexibility index (Phi) is 2.32. The molecule has 0 unspecified atom stereocenters. The molecule has 0 N–H and O–H groups in total. The minimum absolute atomic E-state index is 0.443. The van der Waals surface area contributed by atoms with E-state index in [2.05, 4.69) is 24.8 Å². The summed E-state index contributed by atoms with van der Waals surface area (Å²) in [6, 6.07) is 0. The lowest BCUT2D eigenvalue weighted by Crippen LogP contribution is -2.02. The van der Waals surface area contributed by atoms with E-state index in [4.69, 9.17) is 6.42 Å². The number of rotatable bonds is 2. The Morgan fingerprint density at radius 1 is 1.73 bits per heavy atom. The van der Waals surface area contributed by atoms with Gasteiger partial charge < -0.3 is 4.57 Å². The molecule has 1 heterocycles. The van der Waals surface area contributed by atoms with Gasteiger partial charge in [0.1, 0.15) is 5.82 Å². The van der Waals surface area contributed by atoms with Crippen LogP contribution in [0.4, 0.5) is 0 Å². The molecule has 1 aromatic rings. The van der Waals surface area contributed by atoms with Gasteiger partial charge in [0, 0.05) is 18.3 Å². The monoisotopic (exact) mass is 148 g/mol. The molecule has 1 aromatic heterocycles. The van der Waals surface area contributed by atoms with Crippen molar-refractivity contribution in [1.29, 1.82) is 0 Å². The summed E-state index contributed by atoms with van der Waals surface area (Å²) in [5.74, 6) is 4.09. The lowest BCUT2D eigenvalue weighted by atomic mass is 10.2. The van der Waals surface area contributed by atoms with Gasteiger partial charge in [-0.3, -0.25) is 0 Å². The van der Waals surface area contributed by atoms with E-state index in [1.165, 1.54) is 0 Å². The third kappa shape index (κ3) is 1.62. The van der Waals surface area contributed by atoms with Crippen molar-refractivity contribution in [2.75, 3.05) is 0 Å². The second-order valence-corrected chi connectivity index (χ2v) is 2.77. The van der Waals surface area contributed by atoms with Gasteiger partial charge in [-0.25, -0.2) is 4.98 Å². The molecule has 0 saturated carbocycles. The van der Waals surface area contributed by atoms with E-state index < -0.39 is 0 Å². The number of aromatic nitrogens is 2. The molecule has 0 radical (unpaired) electrons. The van der Waals surface area contributed by atoms with E-state index in [0.29, 0.717) is 12.5 Å². The van der Waals surface area contributed by atoms with Crippen LogP contribution in [0.1, 0.15) is 25.6 Å². The molecule has 0 saturated heterocycles. The van der Waals surface area contributed by atoms with Crippen LogP contribution in [-0.2, 0) is 6.54 Å². The first-order chi connectivity index (χ1) is 5.25. The second kappa shape index (κ2) is 3.25. The molecule has 0 aromatic carbocycles. The fourth-order valence-electron chi connectivity index (χ4n) is 1.05. The molecule has 1 rings (SSSR count). The predicted molar refractivity (Wildman–Crippen MR) is 45.1 cm³/mol. The molecule has 0 bridgehead atoms. The molecule has 11 heavy (non-hydrogen) atoms. The van der Waals surface area contributed by atoms with Crippen molar-refractivity contribution in [3.63, 3.8) is 0 Å². The van der Waals surface area contributed by atoms with E-state index in [9.17, 15) is 0 Å². The van der Waals surface area contributed by atoms with E-state index in [1.807, 2.05) is 10.8 Å². The van der Waals surface area contributed by atoms with E-state index in [1.54, 1.807) is 6.20 Å². The molecule has 58 valence electrons. The Morgan fingerprint density at radius 2 is 2.45 bits per heavy atom. The van der Waals surface area contributed by atoms with Crippen LogP contribution in [-0.4, -0.2) is 9.55 Å². The SMILES string of the molecule is C#CCn1ccnc1C(C)C. The Bertz CT molecular complexity index is 265. The summed E-state index contributed by atoms with van der Waals surface area (Å²) >= 11 is 0. The van der Waals surface area contributed by atoms with E-state index in [0.717, 1.165) is 5.82 Å². The van der Waals surface area contributed by atoms with Gasteiger partial charge in [-0.05, 0) is 0 Å². The van der Waals surface area contributed by atoms with Gasteiger partial charge in [-0.1, -0.05) is 19.8 Å². The number of terminal acetylenes is 1. The third-order valence-corrected chi connectivity index (χ3v) is 1.53. The molecule has 0 aliphatic heterocycles. The van der Waals surface area contributed by atoms with Crippen LogP contribution in [0, 0.1) is 12.3 Å². The zero-order valence-corrected chi connectivity index (χ0v) is 6.91. The lowest BCUT2D eigenvalue weighted by molar-refractivity contribution is 0.686. The number of hydrogen-bond acceptors (Lipinski definition) is 1. The fourth-order valence-corrected chi connectivity index (χ4v) is 1.05. The van der Waals surface area contributed by atoms with Gasteiger partial charge >= 0.3 is 0 Å². The van der Waals surface area contributed by atoms with Crippen molar-refractivity contribution in [3.8, 4) is 12.3 Å². The molecular formula is C9H12N2. The van der Waals surface area contributed by atoms with Crippen LogP contribution in [0.25, 0.3) is 0 Å². The maximum atomic E-state index is 5.19. The maximum Gasteiger partial charge on any atom is 0.112 e. The third-order valence-electron chi connectivity index (χ3n) is 1.53. The number of hydrogen-bond donors (Lipinski definition) is 0. The highest BCUT2D eigenvalue weighted by atomic mass is 15.1. The van der Waals surface area contributed by atoms with E-state index in [-0.39, 0.29) is 0 Å². The molecular weight excluding hydrogens is 136 g/mol. The number of imidazole rings is 1. The molecule has 0 aliphatic carbocycles. The molecule has 0 aliphatic rings. The van der Waals surface area contributed by atoms with Crippen molar-refractivity contribution < 1.29 is 0 Å². The summed E-state index contributed by atoms with van der Waals surface area (Å²) in [5.41, 5.74) is 0. The van der Waals surface area contributed by atoms with Gasteiger partial charge in [0.15, 0.2) is 0 Å². The van der Waals surface area contributed by atoms with Crippen molar-refractivity contribution in [2.45, 2.75) is 26.3 Å². The summed E-state index contributed by atoms with van der Waals surface area (Å²) in [6.45, 7) is 4.83. The maximum absolute atomic E-state index is 5.19. The fraction of sp³-hybridized carbons (Fsp3) is 0.444. The predicted octanol–water partition coefficient (Wildman–Crippen LogP) is 1.64. The average molecular weight is 148 g/mol. The van der Waals surface area contributed by atoms with Gasteiger partial charge in [-0.2, -0.15) is 0 Å². The molecule has 0 atom stereocenters. The van der Waals surface area contributed by atoms with Gasteiger partial charge in [0.25, 0.3) is 0 Å². The highest BCUT2D eigenvalue weighted by Gasteiger charge is 2.04. The summed E-state index contributed by atoms with van der Waals surface area (Å²) in [6.07, 6.45) is 8.89. The topological polar surface area (TPSA) is 17.8 Å². The Balaban J connectivity index is 2.89. The second-order valence-electron chi connectivity index (χ2n) is 2.77. The highest BCUT2D eigenvalue weighted by Crippen LogP contribution is 2.10. The smallest absolute Gasteiger partial charge is 0.112 e. The lowest BCUT2D eigenvalue weighted by Gasteiger charge is -2.05. The van der Waals surface area contributed by atoms with Crippen LogP contribution in [0.2, 0.25) is 0 Å². The van der Waals surface area contributed by atoms with Gasteiger partial charge in [0.05, 0.1) is 6.54 Å². The standard InChI is InChI=1S/C9H12N2/c1-4-6-11-7-5-10-9(11)8(2)3/h1,5,7-8H,6H2,2-3H3. The molecule has 0 amide bonds. The molecule has 2 nitrogen and oxygen atoms in total. The van der Waals surface area contributed by atoms with Crippen molar-refractivity contribution in [1.82, 2.24) is 9.55 Å². The first-order valence-corrected chi connectivity index (χ1v) is 3.70. The Hall–Kier alpha value is -1.23. The largest absolute Gasteiger partial charge is 0.323 e. The van der Waals surface area contributed by atoms with Gasteiger partial charge in [0.2, 0.25) is 0 Å². The van der Waals surface area contributed by atoms with Crippen molar-refractivity contribution in [2.24, 2.45) is 0 Å². The minimum Gasteiger partial charge on any atom is -0.323 e. The summed E-state index contributed by atoms with van der Waals surface area (Å²) in [7, 11) is 0. The molecule has 0 spiro atoms. The van der Waals surface area contributed by atoms with Crippen LogP contribution in [0.5, 0.6) is 0 Å². The quantitative estimate of drug-likeness (QED) is 0.583. The van der Waals surface area contributed by atoms with E-state index >= 15 is 0 Å². The zero-order chi connectivity index (χ0) is 8.27. The highest BCUT2D eigenvalue weighted by molar-refractivity contribution is 5.00. The first kappa shape index (κ1) is 7.87. The summed E-state index contributed by atoms with van der Waals surface area (Å²) in [5, 5.41) is 0. The van der Waals surface area contributed by atoms with Crippen molar-refractivity contribution >= 4 is 0 Å². The Morgan fingerprint density at radius 3 is 3.00 bits per heavy atom. The minimum atomic E-state index is 0.443. The Labute approximate surface area is 67.3 Å². The normalized spacial score (nSPS) is 10.0. The summed E-state index contributed by atoms with van der Waals surface area (Å²) in [4.78, 5) is 4.20. The average Bonchev–Trinajstić information content (AvgIpc) is 2.36. The summed E-state index contributed by atoms with van der Waals surface area (Å²) < 4.78 is 1.99. The van der Waals surface area contributed by atoms with Crippen molar-refractivity contribution in [3.05, 3.63) is 18.2 Å². The van der Waals surface area contributed by atoms with Gasteiger partial charge in [-0.15, -0.1) is 6.42 Å². The first-order valence-electron chi connectivity index (χ1n) is 3.70.